The molecule has 0 aromatic carbocycles. The van der Waals surface area contributed by atoms with Gasteiger partial charge < -0.3 is 0 Å². The van der Waals surface area contributed by atoms with Crippen molar-refractivity contribution in [3.05, 3.63) is 0 Å². The van der Waals surface area contributed by atoms with Gasteiger partial charge in [-0.05, 0) is 5.92 Å². The molecule has 0 radical (unpaired) electrons. The van der Waals surface area contributed by atoms with Crippen LogP contribution >= 0.6 is 0 Å². The van der Waals surface area contributed by atoms with Crippen LogP contribution in [0.5, 0.6) is 0 Å². The highest BCUT2D eigenvalue weighted by Crippen LogP contribution is 2.14. The second kappa shape index (κ2) is 11.4. The first kappa shape index (κ1) is 14.9. The normalized spacial score (nSPS) is 11.2. The van der Waals surface area contributed by atoms with Crippen molar-refractivity contribution in [3.8, 4) is 0 Å². The van der Waals surface area contributed by atoms with Crippen molar-refractivity contribution in [1.82, 2.24) is 5.43 Å². The fraction of sp³-hybridized carbons (Fsp3) is 0.900. The minimum Gasteiger partial charge on any atom is -0.294 e. The lowest BCUT2D eigenvalue weighted by atomic mass is 9.97. The Balaban J connectivity index is 0. The van der Waals surface area contributed by atoms with E-state index in [2.05, 4.69) is 19.3 Å². The lowest BCUT2D eigenvalue weighted by Gasteiger charge is -2.11. The molecule has 3 heteroatoms. The molecule has 3 N–H and O–H groups in total. The Morgan fingerprint density at radius 1 is 1.38 bits per heavy atom. The molecule has 3 nitrogen and oxygen atoms in total. The van der Waals surface area contributed by atoms with Gasteiger partial charge in [-0.3, -0.25) is 10.2 Å². The van der Waals surface area contributed by atoms with E-state index < -0.39 is 0 Å². The highest BCUT2D eigenvalue weighted by molar-refractivity contribution is 5.75. The number of carbonyl (C=O) groups excluding carboxylic acids is 1. The Morgan fingerprint density at radius 2 is 1.92 bits per heavy atom. The molecule has 0 spiro atoms. The zero-order valence-corrected chi connectivity index (χ0v) is 9.39. The van der Waals surface area contributed by atoms with Crippen LogP contribution < -0.4 is 11.3 Å². The molecule has 0 aliphatic rings. The van der Waals surface area contributed by atoms with E-state index in [4.69, 9.17) is 5.84 Å². The molecular weight excluding hydrogens is 164 g/mol. The third-order valence-electron chi connectivity index (χ3n) is 1.91. The van der Waals surface area contributed by atoms with E-state index in [9.17, 15) is 4.79 Å². The van der Waals surface area contributed by atoms with Crippen molar-refractivity contribution < 1.29 is 4.79 Å². The molecule has 0 rings (SSSR count). The Hall–Kier alpha value is -0.570. The maximum Gasteiger partial charge on any atom is 0.234 e. The van der Waals surface area contributed by atoms with Gasteiger partial charge in [0, 0.05) is 6.42 Å². The summed E-state index contributed by atoms with van der Waals surface area (Å²) < 4.78 is 0. The zero-order valence-electron chi connectivity index (χ0n) is 9.39. The quantitative estimate of drug-likeness (QED) is 0.395. The molecule has 1 atom stereocenters. The molecule has 0 saturated carbocycles. The highest BCUT2D eigenvalue weighted by atomic mass is 16.2. The standard InChI is InChI=1S/C8H18N2O.C2H6/c1-3-5-7(4-2)6-8(11)10-9;1-2/h7H,3-6,9H2,1-2H3,(H,10,11);1-2H3. The summed E-state index contributed by atoms with van der Waals surface area (Å²) in [5.41, 5.74) is 2.15. The van der Waals surface area contributed by atoms with Crippen LogP contribution in [0.25, 0.3) is 0 Å². The van der Waals surface area contributed by atoms with E-state index >= 15 is 0 Å². The number of nitrogens with one attached hydrogen (secondary N) is 1. The van der Waals surface area contributed by atoms with Gasteiger partial charge in [0.2, 0.25) is 5.91 Å². The Morgan fingerprint density at radius 3 is 2.23 bits per heavy atom. The summed E-state index contributed by atoms with van der Waals surface area (Å²) in [5.74, 6) is 5.42. The number of hydrogen-bond acceptors (Lipinski definition) is 2. The van der Waals surface area contributed by atoms with Gasteiger partial charge in [0.1, 0.15) is 0 Å². The van der Waals surface area contributed by atoms with E-state index in [0.29, 0.717) is 12.3 Å². The monoisotopic (exact) mass is 188 g/mol. The zero-order chi connectivity index (χ0) is 10.7. The van der Waals surface area contributed by atoms with Crippen molar-refractivity contribution in [1.29, 1.82) is 0 Å². The summed E-state index contributed by atoms with van der Waals surface area (Å²) in [6, 6.07) is 0. The van der Waals surface area contributed by atoms with E-state index in [0.717, 1.165) is 19.3 Å². The summed E-state index contributed by atoms with van der Waals surface area (Å²) in [5, 5.41) is 0. The van der Waals surface area contributed by atoms with Crippen LogP contribution in [0.4, 0.5) is 0 Å². The number of nitrogens with two attached hydrogens (primary N) is 1. The van der Waals surface area contributed by atoms with Crippen molar-refractivity contribution in [2.75, 3.05) is 0 Å². The van der Waals surface area contributed by atoms with Gasteiger partial charge in [-0.1, -0.05) is 47.0 Å². The van der Waals surface area contributed by atoms with Gasteiger partial charge >= 0.3 is 0 Å². The summed E-state index contributed by atoms with van der Waals surface area (Å²) in [7, 11) is 0. The number of amides is 1. The summed E-state index contributed by atoms with van der Waals surface area (Å²) >= 11 is 0. The lowest BCUT2D eigenvalue weighted by Crippen LogP contribution is -2.31. The van der Waals surface area contributed by atoms with Crippen LogP contribution in [0, 0.1) is 5.92 Å². The van der Waals surface area contributed by atoms with Gasteiger partial charge in [-0.15, -0.1) is 0 Å². The van der Waals surface area contributed by atoms with Crippen LogP contribution in [0.1, 0.15) is 53.4 Å². The molecule has 0 aliphatic carbocycles. The SMILES string of the molecule is CC.CCCC(CC)CC(=O)NN. The predicted molar refractivity (Wildman–Crippen MR) is 57.0 cm³/mol. The number of hydrogen-bond donors (Lipinski definition) is 2. The minimum absolute atomic E-state index is 0.0506. The molecule has 1 amide bonds. The average molecular weight is 188 g/mol. The summed E-state index contributed by atoms with van der Waals surface area (Å²) in [6.07, 6.45) is 3.88. The topological polar surface area (TPSA) is 55.1 Å². The fourth-order valence-corrected chi connectivity index (χ4v) is 1.18. The average Bonchev–Trinajstić information content (AvgIpc) is 2.20. The van der Waals surface area contributed by atoms with E-state index in [1.165, 1.54) is 0 Å². The lowest BCUT2D eigenvalue weighted by molar-refractivity contribution is -0.122. The molecule has 0 heterocycles. The summed E-state index contributed by atoms with van der Waals surface area (Å²) in [4.78, 5) is 10.8. The first-order valence-electron chi connectivity index (χ1n) is 5.24. The molecular formula is C10H24N2O. The first-order chi connectivity index (χ1) is 6.24. The van der Waals surface area contributed by atoms with E-state index in [-0.39, 0.29) is 5.91 Å². The molecule has 1 unspecified atom stereocenters. The second-order valence-corrected chi connectivity index (χ2v) is 2.83. The van der Waals surface area contributed by atoms with E-state index in [1.807, 2.05) is 13.8 Å². The van der Waals surface area contributed by atoms with Crippen LogP contribution in [0.3, 0.4) is 0 Å². The van der Waals surface area contributed by atoms with Gasteiger partial charge in [-0.2, -0.15) is 0 Å². The van der Waals surface area contributed by atoms with Crippen molar-refractivity contribution >= 4 is 5.91 Å². The van der Waals surface area contributed by atoms with Crippen molar-refractivity contribution in [2.45, 2.75) is 53.4 Å². The molecule has 80 valence electrons. The molecule has 0 bridgehead atoms. The Labute approximate surface area is 82.1 Å². The Kier molecular flexibility index (Phi) is 13.1. The molecule has 0 aromatic heterocycles. The largest absolute Gasteiger partial charge is 0.294 e. The van der Waals surface area contributed by atoms with Gasteiger partial charge in [0.15, 0.2) is 0 Å². The Bertz CT molecular complexity index is 115. The number of carbonyl (C=O) groups is 1. The minimum atomic E-state index is -0.0506. The van der Waals surface area contributed by atoms with Crippen LogP contribution in [0.2, 0.25) is 0 Å². The third kappa shape index (κ3) is 9.34. The van der Waals surface area contributed by atoms with Crippen LogP contribution in [-0.2, 0) is 4.79 Å². The van der Waals surface area contributed by atoms with Crippen molar-refractivity contribution in [2.24, 2.45) is 11.8 Å². The second-order valence-electron chi connectivity index (χ2n) is 2.83. The molecule has 0 aromatic rings. The summed E-state index contributed by atoms with van der Waals surface area (Å²) in [6.45, 7) is 8.23. The van der Waals surface area contributed by atoms with E-state index in [1.54, 1.807) is 0 Å². The first-order valence-corrected chi connectivity index (χ1v) is 5.24. The highest BCUT2D eigenvalue weighted by Gasteiger charge is 2.09. The fourth-order valence-electron chi connectivity index (χ4n) is 1.18. The van der Waals surface area contributed by atoms with Crippen molar-refractivity contribution in [3.63, 3.8) is 0 Å². The molecule has 0 saturated heterocycles. The van der Waals surface area contributed by atoms with Crippen LogP contribution in [-0.4, -0.2) is 5.91 Å². The third-order valence-corrected chi connectivity index (χ3v) is 1.91. The number of hydrazine groups is 1. The molecule has 0 aliphatic heterocycles. The molecule has 13 heavy (non-hydrogen) atoms. The van der Waals surface area contributed by atoms with Gasteiger partial charge in [0.05, 0.1) is 0 Å². The smallest absolute Gasteiger partial charge is 0.234 e. The molecule has 0 fully saturated rings. The van der Waals surface area contributed by atoms with Gasteiger partial charge in [0.25, 0.3) is 0 Å². The van der Waals surface area contributed by atoms with Crippen LogP contribution in [0.15, 0.2) is 0 Å². The number of rotatable bonds is 5. The maximum absolute atomic E-state index is 10.8. The maximum atomic E-state index is 10.8. The van der Waals surface area contributed by atoms with Gasteiger partial charge in [-0.25, -0.2) is 5.84 Å². The predicted octanol–water partition coefficient (Wildman–Crippen LogP) is 2.22.